The van der Waals surface area contributed by atoms with Crippen LogP contribution in [0, 0.1) is 0 Å². The van der Waals surface area contributed by atoms with E-state index in [-0.39, 0.29) is 0 Å². The lowest BCUT2D eigenvalue weighted by molar-refractivity contribution is 0.608. The Morgan fingerprint density at radius 2 is 2.05 bits per heavy atom. The normalized spacial score (nSPS) is 18.8. The molecule has 3 rings (SSSR count). The Morgan fingerprint density at radius 3 is 2.80 bits per heavy atom. The first-order chi connectivity index (χ1) is 9.78. The average molecular weight is 266 g/mol. The van der Waals surface area contributed by atoms with Gasteiger partial charge in [-0.3, -0.25) is 4.98 Å². The van der Waals surface area contributed by atoms with Crippen LogP contribution in [0.25, 0.3) is 0 Å². The van der Waals surface area contributed by atoms with Gasteiger partial charge in [-0.15, -0.1) is 0 Å². The van der Waals surface area contributed by atoms with E-state index in [1.165, 1.54) is 28.8 Å². The number of nitrogens with zero attached hydrogens (tertiary/aromatic N) is 1. The smallest absolute Gasteiger partial charge is 0.0510 e. The van der Waals surface area contributed by atoms with Gasteiger partial charge in [0.25, 0.3) is 0 Å². The van der Waals surface area contributed by atoms with Crippen molar-refractivity contribution in [1.29, 1.82) is 0 Å². The van der Waals surface area contributed by atoms with Crippen LogP contribution in [-0.4, -0.2) is 18.1 Å². The molecule has 1 heterocycles. The van der Waals surface area contributed by atoms with Crippen molar-refractivity contribution in [1.82, 2.24) is 10.3 Å². The van der Waals surface area contributed by atoms with Crippen molar-refractivity contribution in [2.75, 3.05) is 7.05 Å². The number of hydrogen-bond donors (Lipinski definition) is 1. The van der Waals surface area contributed by atoms with E-state index < -0.39 is 0 Å². The molecule has 2 heteroatoms. The van der Waals surface area contributed by atoms with Crippen LogP contribution >= 0.6 is 0 Å². The summed E-state index contributed by atoms with van der Waals surface area (Å²) in [5, 5.41) is 3.29. The average Bonchev–Trinajstić information content (AvgIpc) is 2.92. The maximum atomic E-state index is 4.59. The zero-order valence-corrected chi connectivity index (χ0v) is 12.3. The van der Waals surface area contributed by atoms with E-state index in [4.69, 9.17) is 0 Å². The van der Waals surface area contributed by atoms with Crippen molar-refractivity contribution in [2.45, 2.75) is 38.1 Å². The third kappa shape index (κ3) is 2.61. The maximum absolute atomic E-state index is 4.59. The van der Waals surface area contributed by atoms with Gasteiger partial charge in [-0.2, -0.15) is 0 Å². The van der Waals surface area contributed by atoms with E-state index in [1.807, 2.05) is 19.3 Å². The van der Waals surface area contributed by atoms with E-state index in [0.29, 0.717) is 12.0 Å². The number of aryl methyl sites for hydroxylation is 1. The lowest BCUT2D eigenvalue weighted by atomic mass is 9.94. The SMILES string of the molecule is CNC(C)Cc1ccc(C2CCc3cccnc32)cc1. The molecule has 104 valence electrons. The van der Waals surface area contributed by atoms with Crippen LogP contribution in [0.3, 0.4) is 0 Å². The minimum Gasteiger partial charge on any atom is -0.317 e. The van der Waals surface area contributed by atoms with E-state index in [0.717, 1.165) is 12.8 Å². The fraction of sp³-hybridized carbons (Fsp3) is 0.389. The van der Waals surface area contributed by atoms with Crippen LogP contribution in [0.15, 0.2) is 42.6 Å². The van der Waals surface area contributed by atoms with Gasteiger partial charge in [0.1, 0.15) is 0 Å². The summed E-state index contributed by atoms with van der Waals surface area (Å²) in [5.41, 5.74) is 5.51. The minimum absolute atomic E-state index is 0.488. The Labute approximate surface area is 121 Å². The highest BCUT2D eigenvalue weighted by Crippen LogP contribution is 2.36. The number of fused-ring (bicyclic) bond motifs is 1. The largest absolute Gasteiger partial charge is 0.317 e. The number of rotatable bonds is 4. The Morgan fingerprint density at radius 1 is 1.25 bits per heavy atom. The molecule has 0 aliphatic heterocycles. The van der Waals surface area contributed by atoms with Crippen LogP contribution < -0.4 is 5.32 Å². The quantitative estimate of drug-likeness (QED) is 0.918. The number of hydrogen-bond acceptors (Lipinski definition) is 2. The number of aromatic nitrogens is 1. The number of pyridine rings is 1. The Bertz CT molecular complexity index is 574. The van der Waals surface area contributed by atoms with Crippen molar-refractivity contribution in [3.8, 4) is 0 Å². The van der Waals surface area contributed by atoms with Crippen LogP contribution in [0.2, 0.25) is 0 Å². The van der Waals surface area contributed by atoms with E-state index in [9.17, 15) is 0 Å². The van der Waals surface area contributed by atoms with E-state index in [2.05, 4.69) is 47.6 Å². The van der Waals surface area contributed by atoms with Crippen LogP contribution in [0.5, 0.6) is 0 Å². The highest BCUT2D eigenvalue weighted by atomic mass is 14.8. The first-order valence-corrected chi connectivity index (χ1v) is 7.48. The van der Waals surface area contributed by atoms with Crippen molar-refractivity contribution < 1.29 is 0 Å². The van der Waals surface area contributed by atoms with Crippen LogP contribution in [-0.2, 0) is 12.8 Å². The second-order valence-corrected chi connectivity index (χ2v) is 5.77. The molecule has 0 amide bonds. The van der Waals surface area contributed by atoms with Crippen molar-refractivity contribution in [2.24, 2.45) is 0 Å². The third-order valence-electron chi connectivity index (χ3n) is 4.38. The van der Waals surface area contributed by atoms with E-state index >= 15 is 0 Å². The second-order valence-electron chi connectivity index (χ2n) is 5.77. The van der Waals surface area contributed by atoms with Gasteiger partial charge >= 0.3 is 0 Å². The fourth-order valence-corrected chi connectivity index (χ4v) is 3.08. The highest BCUT2D eigenvalue weighted by Gasteiger charge is 2.24. The molecule has 0 fully saturated rings. The Balaban J connectivity index is 1.79. The summed E-state index contributed by atoms with van der Waals surface area (Å²) >= 11 is 0. The van der Waals surface area contributed by atoms with Gasteiger partial charge in [-0.1, -0.05) is 30.3 Å². The molecule has 2 nitrogen and oxygen atoms in total. The molecule has 1 aromatic heterocycles. The molecular formula is C18H22N2. The van der Waals surface area contributed by atoms with Gasteiger partial charge in [0.2, 0.25) is 0 Å². The summed E-state index contributed by atoms with van der Waals surface area (Å²) in [6.07, 6.45) is 5.35. The minimum atomic E-state index is 0.488. The molecule has 2 atom stereocenters. The van der Waals surface area contributed by atoms with Gasteiger partial charge in [0.05, 0.1) is 5.69 Å². The standard InChI is InChI=1S/C18H22N2/c1-13(19-2)12-14-5-7-15(8-6-14)17-10-9-16-4-3-11-20-18(16)17/h3-8,11,13,17,19H,9-10,12H2,1-2H3. The van der Waals surface area contributed by atoms with Gasteiger partial charge in [-0.25, -0.2) is 0 Å². The molecule has 2 aromatic rings. The summed E-state index contributed by atoms with van der Waals surface area (Å²) < 4.78 is 0. The zero-order valence-electron chi connectivity index (χ0n) is 12.3. The molecule has 1 aromatic carbocycles. The molecule has 2 unspecified atom stereocenters. The molecule has 1 aliphatic rings. The first-order valence-electron chi connectivity index (χ1n) is 7.48. The lowest BCUT2D eigenvalue weighted by Gasteiger charge is -2.13. The predicted octanol–water partition coefficient (Wildman–Crippen LogP) is 3.31. The maximum Gasteiger partial charge on any atom is 0.0510 e. The summed E-state index contributed by atoms with van der Waals surface area (Å²) in [4.78, 5) is 4.59. The Hall–Kier alpha value is -1.67. The number of likely N-dealkylation sites (N-methyl/N-ethyl adjacent to an activating group) is 1. The molecule has 0 saturated carbocycles. The summed E-state index contributed by atoms with van der Waals surface area (Å²) in [7, 11) is 2.01. The second kappa shape index (κ2) is 5.76. The lowest BCUT2D eigenvalue weighted by Crippen LogP contribution is -2.23. The summed E-state index contributed by atoms with van der Waals surface area (Å²) in [6, 6.07) is 13.9. The molecule has 0 spiro atoms. The predicted molar refractivity (Wildman–Crippen MR) is 83.1 cm³/mol. The first kappa shape index (κ1) is 13.3. The molecular weight excluding hydrogens is 244 g/mol. The third-order valence-corrected chi connectivity index (χ3v) is 4.38. The van der Waals surface area contributed by atoms with Gasteiger partial charge in [-0.05, 0) is 56.0 Å². The van der Waals surface area contributed by atoms with Crippen molar-refractivity contribution in [3.05, 3.63) is 65.0 Å². The summed E-state index contributed by atoms with van der Waals surface area (Å²) in [6.45, 7) is 2.21. The molecule has 0 bridgehead atoms. The monoisotopic (exact) mass is 266 g/mol. The number of benzene rings is 1. The van der Waals surface area contributed by atoms with Crippen molar-refractivity contribution >= 4 is 0 Å². The van der Waals surface area contributed by atoms with Gasteiger partial charge in [0, 0.05) is 18.2 Å². The number of nitrogens with one attached hydrogen (secondary N) is 1. The zero-order chi connectivity index (χ0) is 13.9. The highest BCUT2D eigenvalue weighted by molar-refractivity contribution is 5.38. The molecule has 0 saturated heterocycles. The summed E-state index contributed by atoms with van der Waals surface area (Å²) in [5.74, 6) is 0.488. The van der Waals surface area contributed by atoms with Crippen molar-refractivity contribution in [3.63, 3.8) is 0 Å². The molecule has 1 N–H and O–H groups in total. The molecule has 20 heavy (non-hydrogen) atoms. The van der Waals surface area contributed by atoms with Crippen LogP contribution in [0.4, 0.5) is 0 Å². The molecule has 0 radical (unpaired) electrons. The van der Waals surface area contributed by atoms with E-state index in [1.54, 1.807) is 0 Å². The topological polar surface area (TPSA) is 24.9 Å². The van der Waals surface area contributed by atoms with Gasteiger partial charge < -0.3 is 5.32 Å². The van der Waals surface area contributed by atoms with Crippen LogP contribution in [0.1, 0.15) is 41.6 Å². The van der Waals surface area contributed by atoms with Gasteiger partial charge in [0.15, 0.2) is 0 Å². The fourth-order valence-electron chi connectivity index (χ4n) is 3.08. The Kier molecular flexibility index (Phi) is 3.83. The molecule has 1 aliphatic carbocycles.